The number of benzene rings is 1. The van der Waals surface area contributed by atoms with Crippen LogP contribution in [0.2, 0.25) is 0 Å². The molecule has 40 heavy (non-hydrogen) atoms. The number of aromatic hydroxyl groups is 1. The van der Waals surface area contributed by atoms with Crippen molar-refractivity contribution < 1.29 is 39.2 Å². The number of hydrogen-bond donors (Lipinski definition) is 4. The molecule has 0 spiro atoms. The summed E-state index contributed by atoms with van der Waals surface area (Å²) < 4.78 is 5.21. The Morgan fingerprint density at radius 1 is 1.10 bits per heavy atom. The van der Waals surface area contributed by atoms with Crippen LogP contribution in [0.25, 0.3) is 11.1 Å². The van der Waals surface area contributed by atoms with Gasteiger partial charge in [-0.05, 0) is 54.9 Å². The van der Waals surface area contributed by atoms with E-state index in [9.17, 15) is 34.8 Å². The van der Waals surface area contributed by atoms with Crippen molar-refractivity contribution in [1.29, 1.82) is 0 Å². The van der Waals surface area contributed by atoms with Crippen molar-refractivity contribution in [3.8, 4) is 16.9 Å². The molecule has 0 saturated heterocycles. The molecule has 1 heterocycles. The Labute approximate surface area is 233 Å². The molecule has 4 N–H and O–H groups in total. The zero-order chi connectivity index (χ0) is 29.7. The first-order valence-electron chi connectivity index (χ1n) is 13.6. The number of furan rings is 1. The number of ketones is 3. The van der Waals surface area contributed by atoms with Crippen LogP contribution in [0.15, 0.2) is 51.7 Å². The number of allylic oxidation sites excluding steroid dienone is 2. The molecule has 2 aromatic rings. The number of aliphatic hydroxyl groups excluding tert-OH is 2. The van der Waals surface area contributed by atoms with E-state index in [1.807, 2.05) is 33.8 Å². The Bertz CT molecular complexity index is 1540. The van der Waals surface area contributed by atoms with E-state index in [0.717, 1.165) is 12.5 Å². The van der Waals surface area contributed by atoms with Crippen molar-refractivity contribution >= 4 is 17.3 Å². The van der Waals surface area contributed by atoms with Crippen LogP contribution in [-0.2, 0) is 16.0 Å². The summed E-state index contributed by atoms with van der Waals surface area (Å²) in [5.74, 6) is -5.22. The van der Waals surface area contributed by atoms with Crippen LogP contribution in [0, 0.1) is 22.7 Å². The number of Topliss-reactive ketones (excluding diaryl/α,β-unsaturated/α-hetero) is 3. The van der Waals surface area contributed by atoms with Gasteiger partial charge in [-0.25, -0.2) is 0 Å². The molecular formula is C32H36O8. The molecule has 0 aliphatic heterocycles. The Hall–Kier alpha value is -3.65. The van der Waals surface area contributed by atoms with Gasteiger partial charge in [-0.3, -0.25) is 14.4 Å². The number of carbonyl (C=O) groups excluding carboxylic acids is 3. The summed E-state index contributed by atoms with van der Waals surface area (Å²) in [5, 5.41) is 46.7. The van der Waals surface area contributed by atoms with Gasteiger partial charge >= 0.3 is 0 Å². The highest BCUT2D eigenvalue weighted by Crippen LogP contribution is 2.65. The smallest absolute Gasteiger partial charge is 0.209 e. The Kier molecular flexibility index (Phi) is 6.05. The lowest BCUT2D eigenvalue weighted by Gasteiger charge is -2.59. The topological polar surface area (TPSA) is 145 Å². The molecule has 5 rings (SSSR count). The molecule has 212 valence electrons. The molecule has 0 radical (unpaired) electrons. The zero-order valence-electron chi connectivity index (χ0n) is 23.9. The molecule has 3 aliphatic rings. The van der Waals surface area contributed by atoms with Crippen molar-refractivity contribution in [1.82, 2.24) is 0 Å². The highest BCUT2D eigenvalue weighted by molar-refractivity contribution is 6.25. The number of aliphatic hydroxyl groups is 3. The summed E-state index contributed by atoms with van der Waals surface area (Å²) in [4.78, 5) is 40.7. The van der Waals surface area contributed by atoms with Crippen molar-refractivity contribution in [2.75, 3.05) is 0 Å². The predicted octanol–water partition coefficient (Wildman–Crippen LogP) is 5.73. The fourth-order valence-electron chi connectivity index (χ4n) is 7.98. The third kappa shape index (κ3) is 3.32. The van der Waals surface area contributed by atoms with Gasteiger partial charge in [0, 0.05) is 33.4 Å². The maximum atomic E-state index is 14.4. The van der Waals surface area contributed by atoms with E-state index in [0.29, 0.717) is 16.7 Å². The van der Waals surface area contributed by atoms with Crippen molar-refractivity contribution in [2.24, 2.45) is 22.7 Å². The lowest BCUT2D eigenvalue weighted by Crippen LogP contribution is -2.67. The summed E-state index contributed by atoms with van der Waals surface area (Å²) in [6.45, 7) is 12.2. The van der Waals surface area contributed by atoms with Gasteiger partial charge in [0.25, 0.3) is 0 Å². The second-order valence-electron chi connectivity index (χ2n) is 12.8. The summed E-state index contributed by atoms with van der Waals surface area (Å²) in [6.07, 6.45) is 3.23. The van der Waals surface area contributed by atoms with Crippen molar-refractivity contribution in [3.05, 3.63) is 64.0 Å². The van der Waals surface area contributed by atoms with Crippen LogP contribution in [0.5, 0.6) is 5.75 Å². The van der Waals surface area contributed by atoms with Gasteiger partial charge in [0.05, 0.1) is 18.1 Å². The quantitative estimate of drug-likeness (QED) is 0.355. The number of fused-ring (bicyclic) bond motifs is 3. The highest BCUT2D eigenvalue weighted by atomic mass is 16.4. The Morgan fingerprint density at radius 2 is 1.75 bits per heavy atom. The van der Waals surface area contributed by atoms with Gasteiger partial charge in [-0.2, -0.15) is 0 Å². The number of phenols is 1. The highest BCUT2D eigenvalue weighted by Gasteiger charge is 2.71. The second kappa shape index (κ2) is 8.67. The SMILES string of the molecule is CC(=O)C1=C(O)C(C(C)C)[C@@]2(C)C[C@@]3(C)Cc4c(C(C)C)cc(-c5ccoc5)c(O)c4C(=O)C3=C(O)[C@@]2(O)C1=O. The number of phenolic OH excluding ortho intramolecular Hbond substituents is 1. The first kappa shape index (κ1) is 27.9. The molecule has 1 unspecified atom stereocenters. The van der Waals surface area contributed by atoms with Crippen LogP contribution in [0.3, 0.4) is 0 Å². The first-order chi connectivity index (χ1) is 18.5. The maximum absolute atomic E-state index is 14.4. The van der Waals surface area contributed by atoms with Crippen molar-refractivity contribution in [2.45, 2.75) is 72.8 Å². The van der Waals surface area contributed by atoms with Crippen LogP contribution in [-0.4, -0.2) is 43.4 Å². The van der Waals surface area contributed by atoms with Crippen molar-refractivity contribution in [3.63, 3.8) is 0 Å². The molecule has 0 fully saturated rings. The Balaban J connectivity index is 1.84. The number of carbonyl (C=O) groups is 3. The summed E-state index contributed by atoms with van der Waals surface area (Å²) in [5.41, 5.74) is -3.37. The molecule has 0 saturated carbocycles. The van der Waals surface area contributed by atoms with E-state index in [-0.39, 0.29) is 41.6 Å². The third-order valence-corrected chi connectivity index (χ3v) is 9.50. The largest absolute Gasteiger partial charge is 0.511 e. The van der Waals surface area contributed by atoms with Crippen LogP contribution in [0.4, 0.5) is 0 Å². The molecule has 3 aliphatic carbocycles. The molecule has 8 nitrogen and oxygen atoms in total. The molecule has 0 amide bonds. The number of rotatable bonds is 4. The number of hydrogen-bond acceptors (Lipinski definition) is 8. The van der Waals surface area contributed by atoms with E-state index in [4.69, 9.17) is 4.42 Å². The lowest BCUT2D eigenvalue weighted by molar-refractivity contribution is -0.171. The Morgan fingerprint density at radius 3 is 2.27 bits per heavy atom. The van der Waals surface area contributed by atoms with Crippen LogP contribution >= 0.6 is 0 Å². The summed E-state index contributed by atoms with van der Waals surface area (Å²) in [6, 6.07) is 3.52. The molecule has 4 atom stereocenters. The second-order valence-corrected chi connectivity index (χ2v) is 12.8. The third-order valence-electron chi connectivity index (χ3n) is 9.50. The minimum atomic E-state index is -2.63. The van der Waals surface area contributed by atoms with E-state index in [2.05, 4.69) is 0 Å². The fraction of sp³-hybridized carbons (Fsp3) is 0.469. The van der Waals surface area contributed by atoms with Gasteiger partial charge in [0.2, 0.25) is 5.78 Å². The summed E-state index contributed by atoms with van der Waals surface area (Å²) >= 11 is 0. The van der Waals surface area contributed by atoms with E-state index < -0.39 is 56.8 Å². The molecule has 0 bridgehead atoms. The van der Waals surface area contributed by atoms with Crippen LogP contribution < -0.4 is 0 Å². The monoisotopic (exact) mass is 548 g/mol. The van der Waals surface area contributed by atoms with Crippen LogP contribution in [0.1, 0.15) is 82.3 Å². The van der Waals surface area contributed by atoms with Gasteiger partial charge < -0.3 is 24.8 Å². The van der Waals surface area contributed by atoms with E-state index in [1.165, 1.54) is 12.5 Å². The van der Waals surface area contributed by atoms with E-state index >= 15 is 0 Å². The minimum Gasteiger partial charge on any atom is -0.511 e. The molecular weight excluding hydrogens is 512 g/mol. The first-order valence-corrected chi connectivity index (χ1v) is 13.6. The predicted molar refractivity (Wildman–Crippen MR) is 147 cm³/mol. The normalized spacial score (nSPS) is 30.1. The molecule has 1 aromatic carbocycles. The van der Waals surface area contributed by atoms with Gasteiger partial charge in [0.15, 0.2) is 17.2 Å². The van der Waals surface area contributed by atoms with E-state index in [1.54, 1.807) is 19.9 Å². The minimum absolute atomic E-state index is 0.0162. The van der Waals surface area contributed by atoms with Gasteiger partial charge in [-0.15, -0.1) is 0 Å². The molecule has 8 heteroatoms. The zero-order valence-corrected chi connectivity index (χ0v) is 23.9. The fourth-order valence-corrected chi connectivity index (χ4v) is 7.98. The average Bonchev–Trinajstić information content (AvgIpc) is 3.35. The van der Waals surface area contributed by atoms with Gasteiger partial charge in [0.1, 0.15) is 22.8 Å². The van der Waals surface area contributed by atoms with Gasteiger partial charge in [-0.1, -0.05) is 41.5 Å². The average molecular weight is 549 g/mol. The standard InChI is InChI=1S/C32H36O8/c1-14(2)18-10-19(17-8-9-40-12-17)25(34)22-20(18)11-30(6)13-31(7)23(15(3)4)26(35)21(16(5)33)28(37)32(31,39)29(38)24(30)27(22)36/h8-10,12,14-15,23,34-35,38-39H,11,13H2,1-7H3/t23?,30-,31-,32+/m1/s1. The summed E-state index contributed by atoms with van der Waals surface area (Å²) in [7, 11) is 0. The maximum Gasteiger partial charge on any atom is 0.209 e. The lowest BCUT2D eigenvalue weighted by atomic mass is 9.44. The molecule has 1 aromatic heterocycles.